The molecule has 4 nitrogen and oxygen atoms in total. The molecule has 2 unspecified atom stereocenters. The van der Waals surface area contributed by atoms with Crippen LogP contribution in [0.3, 0.4) is 0 Å². The minimum Gasteiger partial charge on any atom is -0.392 e. The van der Waals surface area contributed by atoms with E-state index in [1.54, 1.807) is 0 Å². The molecule has 0 aliphatic heterocycles. The van der Waals surface area contributed by atoms with Crippen LogP contribution in [0.5, 0.6) is 0 Å². The molecule has 3 N–H and O–H groups in total. The number of guanidine groups is 1. The molecule has 0 radical (unpaired) electrons. The Morgan fingerprint density at radius 3 is 2.61 bits per heavy atom. The van der Waals surface area contributed by atoms with Gasteiger partial charge in [-0.3, -0.25) is 4.99 Å². The molecule has 2 saturated carbocycles. The van der Waals surface area contributed by atoms with E-state index in [1.807, 2.05) is 7.05 Å². The SMILES string of the molecule is CN(C(N)=NCC1(C)CCCCC1O)C1CC1.I. The van der Waals surface area contributed by atoms with Gasteiger partial charge in [0.05, 0.1) is 12.6 Å². The number of aliphatic hydroxyl groups excluding tert-OH is 1. The van der Waals surface area contributed by atoms with E-state index in [0.29, 0.717) is 18.5 Å². The lowest BCUT2D eigenvalue weighted by molar-refractivity contribution is 0.00709. The summed E-state index contributed by atoms with van der Waals surface area (Å²) in [4.78, 5) is 6.56. The maximum absolute atomic E-state index is 10.1. The second-order valence-corrected chi connectivity index (χ2v) is 5.93. The Bertz CT molecular complexity index is 307. The van der Waals surface area contributed by atoms with Crippen molar-refractivity contribution in [2.75, 3.05) is 13.6 Å². The van der Waals surface area contributed by atoms with Crippen molar-refractivity contribution in [2.24, 2.45) is 16.1 Å². The number of nitrogens with two attached hydrogens (primary N) is 1. The van der Waals surface area contributed by atoms with Crippen molar-refractivity contribution in [3.63, 3.8) is 0 Å². The van der Waals surface area contributed by atoms with Gasteiger partial charge >= 0.3 is 0 Å². The molecule has 0 heterocycles. The van der Waals surface area contributed by atoms with Gasteiger partial charge in [-0.05, 0) is 25.7 Å². The maximum atomic E-state index is 10.1. The molecular weight excluding hydrogens is 341 g/mol. The standard InChI is InChI=1S/C13H25N3O.HI/c1-13(8-4-3-5-11(13)17)9-15-12(14)16(2)10-6-7-10;/h10-11,17H,3-9H2,1-2H3,(H2,14,15);1H. The third-order valence-electron chi connectivity index (χ3n) is 4.34. The van der Waals surface area contributed by atoms with Gasteiger partial charge in [0.1, 0.15) is 0 Å². The summed E-state index contributed by atoms with van der Waals surface area (Å²) in [5.41, 5.74) is 5.90. The fourth-order valence-electron chi connectivity index (χ4n) is 2.59. The lowest BCUT2D eigenvalue weighted by atomic mass is 9.73. The van der Waals surface area contributed by atoms with Gasteiger partial charge in [-0.1, -0.05) is 19.8 Å². The molecule has 2 aliphatic carbocycles. The van der Waals surface area contributed by atoms with E-state index >= 15 is 0 Å². The average Bonchev–Trinajstić information content (AvgIpc) is 3.13. The molecule has 2 aliphatic rings. The fraction of sp³-hybridized carbons (Fsp3) is 0.923. The van der Waals surface area contributed by atoms with Crippen molar-refractivity contribution in [3.8, 4) is 0 Å². The molecular formula is C13H26IN3O. The van der Waals surface area contributed by atoms with Crippen molar-refractivity contribution in [3.05, 3.63) is 0 Å². The summed E-state index contributed by atoms with van der Waals surface area (Å²) in [6.07, 6.45) is 6.53. The summed E-state index contributed by atoms with van der Waals surface area (Å²) in [6.45, 7) is 2.78. The van der Waals surface area contributed by atoms with Crippen LogP contribution in [0.15, 0.2) is 4.99 Å². The lowest BCUT2D eigenvalue weighted by Crippen LogP contribution is -2.41. The number of hydrogen-bond acceptors (Lipinski definition) is 2. The highest BCUT2D eigenvalue weighted by atomic mass is 127. The zero-order chi connectivity index (χ0) is 12.5. The van der Waals surface area contributed by atoms with Gasteiger partial charge in [0.2, 0.25) is 0 Å². The Balaban J connectivity index is 0.00000162. The van der Waals surface area contributed by atoms with Gasteiger partial charge in [-0.15, -0.1) is 24.0 Å². The zero-order valence-corrected chi connectivity index (χ0v) is 13.8. The predicted octanol–water partition coefficient (Wildman–Crippen LogP) is 1.95. The summed E-state index contributed by atoms with van der Waals surface area (Å²) < 4.78 is 0. The van der Waals surface area contributed by atoms with E-state index in [9.17, 15) is 5.11 Å². The minimum absolute atomic E-state index is 0. The predicted molar refractivity (Wildman–Crippen MR) is 85.3 cm³/mol. The average molecular weight is 367 g/mol. The van der Waals surface area contributed by atoms with Crippen LogP contribution in [0.25, 0.3) is 0 Å². The summed E-state index contributed by atoms with van der Waals surface area (Å²) in [5, 5.41) is 10.1. The molecule has 0 saturated heterocycles. The molecule has 2 fully saturated rings. The summed E-state index contributed by atoms with van der Waals surface area (Å²) in [7, 11) is 2.01. The maximum Gasteiger partial charge on any atom is 0.191 e. The van der Waals surface area contributed by atoms with Crippen LogP contribution in [0.1, 0.15) is 45.4 Å². The van der Waals surface area contributed by atoms with Crippen LogP contribution in [0, 0.1) is 5.41 Å². The number of hydrogen-bond donors (Lipinski definition) is 2. The monoisotopic (exact) mass is 367 g/mol. The lowest BCUT2D eigenvalue weighted by Gasteiger charge is -2.37. The molecule has 0 aromatic carbocycles. The van der Waals surface area contributed by atoms with Crippen molar-refractivity contribution in [1.29, 1.82) is 0 Å². The highest BCUT2D eigenvalue weighted by Crippen LogP contribution is 2.36. The number of aliphatic hydroxyl groups is 1. The molecule has 0 bridgehead atoms. The molecule has 0 aromatic rings. The first-order valence-electron chi connectivity index (χ1n) is 6.74. The second-order valence-electron chi connectivity index (χ2n) is 5.93. The Labute approximate surface area is 127 Å². The van der Waals surface area contributed by atoms with Crippen molar-refractivity contribution < 1.29 is 5.11 Å². The largest absolute Gasteiger partial charge is 0.392 e. The van der Waals surface area contributed by atoms with Crippen molar-refractivity contribution >= 4 is 29.9 Å². The number of nitrogens with zero attached hydrogens (tertiary/aromatic N) is 2. The zero-order valence-electron chi connectivity index (χ0n) is 11.4. The van der Waals surface area contributed by atoms with Crippen LogP contribution < -0.4 is 5.73 Å². The molecule has 2 atom stereocenters. The highest BCUT2D eigenvalue weighted by molar-refractivity contribution is 14.0. The Morgan fingerprint density at radius 1 is 1.39 bits per heavy atom. The van der Waals surface area contributed by atoms with Crippen LogP contribution in [-0.4, -0.2) is 41.7 Å². The molecule has 0 amide bonds. The Kier molecular flexibility index (Phi) is 5.70. The fourth-order valence-corrected chi connectivity index (χ4v) is 2.59. The molecule has 0 spiro atoms. The smallest absolute Gasteiger partial charge is 0.191 e. The van der Waals surface area contributed by atoms with Crippen LogP contribution in [0.2, 0.25) is 0 Å². The normalized spacial score (nSPS) is 32.8. The summed E-state index contributed by atoms with van der Waals surface area (Å²) in [6, 6.07) is 0.600. The quantitative estimate of drug-likeness (QED) is 0.455. The molecule has 0 aromatic heterocycles. The van der Waals surface area contributed by atoms with E-state index in [0.717, 1.165) is 19.3 Å². The Morgan fingerprint density at radius 2 is 2.06 bits per heavy atom. The van der Waals surface area contributed by atoms with Gasteiger partial charge in [-0.2, -0.15) is 0 Å². The number of halogens is 1. The summed E-state index contributed by atoms with van der Waals surface area (Å²) >= 11 is 0. The van der Waals surface area contributed by atoms with Gasteiger partial charge in [0.15, 0.2) is 5.96 Å². The van der Waals surface area contributed by atoms with E-state index in [2.05, 4.69) is 16.8 Å². The molecule has 106 valence electrons. The third kappa shape index (κ3) is 3.73. The minimum atomic E-state index is -0.223. The molecule has 18 heavy (non-hydrogen) atoms. The van der Waals surface area contributed by atoms with E-state index < -0.39 is 0 Å². The van der Waals surface area contributed by atoms with Crippen molar-refractivity contribution in [1.82, 2.24) is 4.90 Å². The van der Waals surface area contributed by atoms with E-state index in [-0.39, 0.29) is 35.5 Å². The van der Waals surface area contributed by atoms with Gasteiger partial charge in [0.25, 0.3) is 0 Å². The van der Waals surface area contributed by atoms with E-state index in [4.69, 9.17) is 5.73 Å². The van der Waals surface area contributed by atoms with Gasteiger partial charge < -0.3 is 15.7 Å². The topological polar surface area (TPSA) is 61.8 Å². The van der Waals surface area contributed by atoms with E-state index in [1.165, 1.54) is 19.3 Å². The first-order chi connectivity index (χ1) is 8.03. The Hall–Kier alpha value is -0.0400. The van der Waals surface area contributed by atoms with Crippen LogP contribution >= 0.6 is 24.0 Å². The molecule has 2 rings (SSSR count). The van der Waals surface area contributed by atoms with Gasteiger partial charge in [-0.25, -0.2) is 0 Å². The van der Waals surface area contributed by atoms with Crippen LogP contribution in [0.4, 0.5) is 0 Å². The van der Waals surface area contributed by atoms with Crippen LogP contribution in [-0.2, 0) is 0 Å². The van der Waals surface area contributed by atoms with Crippen molar-refractivity contribution in [2.45, 2.75) is 57.6 Å². The highest BCUT2D eigenvalue weighted by Gasteiger charge is 2.35. The van der Waals surface area contributed by atoms with Gasteiger partial charge in [0, 0.05) is 18.5 Å². The molecule has 5 heteroatoms. The number of aliphatic imine (C=N–C) groups is 1. The second kappa shape index (κ2) is 6.41. The number of rotatable bonds is 3. The third-order valence-corrected chi connectivity index (χ3v) is 4.34. The first kappa shape index (κ1) is 16.0. The first-order valence-corrected chi connectivity index (χ1v) is 6.74. The summed E-state index contributed by atoms with van der Waals surface area (Å²) in [5.74, 6) is 0.631.